The normalized spacial score (nSPS) is 17.5. The number of carbonyl (C=O) groups excluding carboxylic acids is 2. The van der Waals surface area contributed by atoms with Crippen molar-refractivity contribution >= 4 is 29.2 Å². The van der Waals surface area contributed by atoms with Crippen LogP contribution in [0.5, 0.6) is 0 Å². The molecule has 0 aliphatic carbocycles. The van der Waals surface area contributed by atoms with Gasteiger partial charge in [-0.05, 0) is 44.0 Å². The molecule has 36 heavy (non-hydrogen) atoms. The molecule has 2 aromatic heterocycles. The molecule has 1 amide bonds. The zero-order valence-corrected chi connectivity index (χ0v) is 21.5. The molecule has 188 valence electrons. The maximum Gasteiger partial charge on any atom is 0.328 e. The van der Waals surface area contributed by atoms with Crippen molar-refractivity contribution in [2.45, 2.75) is 50.7 Å². The minimum atomic E-state index is -0.783. The molecule has 1 unspecified atom stereocenters. The fourth-order valence-electron chi connectivity index (χ4n) is 4.43. The lowest BCUT2D eigenvalue weighted by atomic mass is 9.88. The summed E-state index contributed by atoms with van der Waals surface area (Å²) >= 11 is 1.31. The van der Waals surface area contributed by atoms with Gasteiger partial charge in [-0.25, -0.2) is 14.8 Å². The summed E-state index contributed by atoms with van der Waals surface area (Å²) in [4.78, 5) is 35.6. The number of esters is 1. The van der Waals surface area contributed by atoms with E-state index in [1.165, 1.54) is 18.4 Å². The van der Waals surface area contributed by atoms with Crippen molar-refractivity contribution in [3.05, 3.63) is 77.4 Å². The topological polar surface area (TPSA) is 105 Å². The van der Waals surface area contributed by atoms with Crippen molar-refractivity contribution in [3.63, 3.8) is 0 Å². The first kappa shape index (κ1) is 25.4. The van der Waals surface area contributed by atoms with Gasteiger partial charge in [-0.1, -0.05) is 36.9 Å². The molecule has 3 aromatic rings. The van der Waals surface area contributed by atoms with Gasteiger partial charge < -0.3 is 20.7 Å². The van der Waals surface area contributed by atoms with Crippen molar-refractivity contribution in [2.75, 3.05) is 12.4 Å². The Hall–Kier alpha value is -3.72. The number of rotatable bonds is 8. The molecule has 1 fully saturated rings. The van der Waals surface area contributed by atoms with Crippen molar-refractivity contribution in [2.24, 2.45) is 0 Å². The van der Waals surface area contributed by atoms with Crippen LogP contribution in [0.4, 0.5) is 5.95 Å². The van der Waals surface area contributed by atoms with Gasteiger partial charge in [0.05, 0.1) is 22.6 Å². The fourth-order valence-corrected chi connectivity index (χ4v) is 5.31. The second kappa shape index (κ2) is 10.9. The van der Waals surface area contributed by atoms with Gasteiger partial charge in [0.25, 0.3) is 5.91 Å². The summed E-state index contributed by atoms with van der Waals surface area (Å²) in [6.07, 6.45) is 3.76. The molecule has 3 N–H and O–H groups in total. The second-order valence-electron chi connectivity index (χ2n) is 9.53. The Morgan fingerprint density at radius 1 is 1.22 bits per heavy atom. The number of methoxy groups -OCH3 is 1. The third-order valence-electron chi connectivity index (χ3n) is 5.91. The van der Waals surface area contributed by atoms with E-state index < -0.39 is 12.0 Å². The molecule has 1 saturated heterocycles. The van der Waals surface area contributed by atoms with Crippen LogP contribution in [0.3, 0.4) is 0 Å². The molecule has 0 bridgehead atoms. The van der Waals surface area contributed by atoms with Crippen LogP contribution in [-0.4, -0.2) is 46.6 Å². The van der Waals surface area contributed by atoms with Gasteiger partial charge in [0.1, 0.15) is 6.04 Å². The van der Waals surface area contributed by atoms with Crippen molar-refractivity contribution in [3.8, 4) is 10.6 Å². The van der Waals surface area contributed by atoms with E-state index in [0.717, 1.165) is 34.7 Å². The third-order valence-corrected chi connectivity index (χ3v) is 7.02. The maximum atomic E-state index is 13.0. The number of hydrogen-bond acceptors (Lipinski definition) is 8. The molecule has 0 radical (unpaired) electrons. The van der Waals surface area contributed by atoms with Crippen LogP contribution >= 0.6 is 11.3 Å². The number of nitrogens with one attached hydrogen (secondary N) is 3. The minimum Gasteiger partial charge on any atom is -0.467 e. The lowest BCUT2D eigenvalue weighted by molar-refractivity contribution is -0.142. The molecule has 0 spiro atoms. The van der Waals surface area contributed by atoms with E-state index in [4.69, 9.17) is 4.74 Å². The molecular formula is C27H31N5O3S. The smallest absolute Gasteiger partial charge is 0.328 e. The van der Waals surface area contributed by atoms with E-state index in [1.54, 1.807) is 12.3 Å². The number of thiophene rings is 1. The Bertz CT molecular complexity index is 1240. The van der Waals surface area contributed by atoms with Gasteiger partial charge in [-0.2, -0.15) is 0 Å². The van der Waals surface area contributed by atoms with Gasteiger partial charge in [0.15, 0.2) is 0 Å². The van der Waals surface area contributed by atoms with Crippen LogP contribution in [0.2, 0.25) is 0 Å². The highest BCUT2D eigenvalue weighted by molar-refractivity contribution is 7.17. The van der Waals surface area contributed by atoms with Crippen molar-refractivity contribution in [1.29, 1.82) is 0 Å². The van der Waals surface area contributed by atoms with Crippen LogP contribution in [0.25, 0.3) is 10.6 Å². The summed E-state index contributed by atoms with van der Waals surface area (Å²) in [5.41, 5.74) is 2.59. The Balaban J connectivity index is 1.45. The number of piperidine rings is 1. The molecule has 3 heterocycles. The summed E-state index contributed by atoms with van der Waals surface area (Å²) < 4.78 is 4.91. The lowest BCUT2D eigenvalue weighted by Crippen LogP contribution is -2.48. The number of nitrogens with zero attached hydrogens (tertiary/aromatic N) is 2. The number of hydrogen-bond donors (Lipinski definition) is 3. The quantitative estimate of drug-likeness (QED) is 0.395. The molecular weight excluding hydrogens is 474 g/mol. The van der Waals surface area contributed by atoms with Gasteiger partial charge in [-0.3, -0.25) is 4.79 Å². The molecule has 1 aliphatic heterocycles. The first-order valence-corrected chi connectivity index (χ1v) is 12.6. The molecule has 8 nitrogen and oxygen atoms in total. The lowest BCUT2D eigenvalue weighted by Gasteiger charge is -2.38. The van der Waals surface area contributed by atoms with Crippen molar-refractivity contribution in [1.82, 2.24) is 20.6 Å². The summed E-state index contributed by atoms with van der Waals surface area (Å²) in [6.45, 7) is 8.38. The van der Waals surface area contributed by atoms with E-state index in [2.05, 4.69) is 46.3 Å². The van der Waals surface area contributed by atoms with Gasteiger partial charge in [0.2, 0.25) is 5.95 Å². The fraction of sp³-hybridized carbons (Fsp3) is 0.333. The van der Waals surface area contributed by atoms with Gasteiger partial charge >= 0.3 is 5.97 Å². The predicted octanol–water partition coefficient (Wildman–Crippen LogP) is 4.18. The van der Waals surface area contributed by atoms with Crippen LogP contribution in [0.1, 0.15) is 41.9 Å². The van der Waals surface area contributed by atoms with Crippen LogP contribution in [-0.2, 0) is 16.0 Å². The Morgan fingerprint density at radius 2 is 2.00 bits per heavy atom. The van der Waals surface area contributed by atoms with E-state index in [0.29, 0.717) is 17.2 Å². The SMILES string of the molecule is C=C1CC(Nc2nccc(-c3ccc(C(=O)N[C@@H](Cc4ccccc4)C(=O)OC)s3)n2)CC(C)(C)N1. The number of amides is 1. The standard InChI is InChI=1S/C27H31N5O3S/c1-17-14-19(16-27(2,3)32-17)29-26-28-13-12-20(31-26)22-10-11-23(36-22)24(33)30-21(25(34)35-4)15-18-8-6-5-7-9-18/h5-13,19,21,32H,1,14-16H2,2-4H3,(H,30,33)(H,28,29,31)/t19?,21-/m0/s1. The highest BCUT2D eigenvalue weighted by Crippen LogP contribution is 2.29. The first-order chi connectivity index (χ1) is 17.2. The average molecular weight is 506 g/mol. The molecule has 0 saturated carbocycles. The highest BCUT2D eigenvalue weighted by Gasteiger charge is 2.29. The monoisotopic (exact) mass is 505 g/mol. The van der Waals surface area contributed by atoms with E-state index >= 15 is 0 Å². The molecule has 1 aromatic carbocycles. The third kappa shape index (κ3) is 6.48. The highest BCUT2D eigenvalue weighted by atomic mass is 32.1. The number of benzene rings is 1. The van der Waals surface area contributed by atoms with Crippen LogP contribution < -0.4 is 16.0 Å². The van der Waals surface area contributed by atoms with Gasteiger partial charge in [-0.15, -0.1) is 11.3 Å². The van der Waals surface area contributed by atoms with Crippen molar-refractivity contribution < 1.29 is 14.3 Å². The average Bonchev–Trinajstić information content (AvgIpc) is 3.33. The Morgan fingerprint density at radius 3 is 2.72 bits per heavy atom. The first-order valence-electron chi connectivity index (χ1n) is 11.8. The molecule has 4 rings (SSSR count). The minimum absolute atomic E-state index is 0.0524. The molecule has 1 aliphatic rings. The largest absolute Gasteiger partial charge is 0.467 e. The number of ether oxygens (including phenoxy) is 1. The van der Waals surface area contributed by atoms with E-state index in [1.807, 2.05) is 42.5 Å². The summed E-state index contributed by atoms with van der Waals surface area (Å²) in [5.74, 6) is -0.282. The zero-order valence-electron chi connectivity index (χ0n) is 20.7. The van der Waals surface area contributed by atoms with Gasteiger partial charge in [0, 0.05) is 36.3 Å². The Kier molecular flexibility index (Phi) is 7.69. The Labute approximate surface area is 215 Å². The van der Waals surface area contributed by atoms with Crippen LogP contribution in [0, 0.1) is 0 Å². The summed E-state index contributed by atoms with van der Waals surface area (Å²) in [5, 5.41) is 9.66. The second-order valence-corrected chi connectivity index (χ2v) is 10.6. The predicted molar refractivity (Wildman–Crippen MR) is 142 cm³/mol. The number of anilines is 1. The molecule has 2 atom stereocenters. The van der Waals surface area contributed by atoms with E-state index in [-0.39, 0.29) is 17.5 Å². The zero-order chi connectivity index (χ0) is 25.7. The number of carbonyl (C=O) groups is 2. The maximum absolute atomic E-state index is 13.0. The van der Waals surface area contributed by atoms with E-state index in [9.17, 15) is 9.59 Å². The van der Waals surface area contributed by atoms with Crippen LogP contribution in [0.15, 0.2) is 67.0 Å². The number of aromatic nitrogens is 2. The summed E-state index contributed by atoms with van der Waals surface area (Å²) in [7, 11) is 1.32. The summed E-state index contributed by atoms with van der Waals surface area (Å²) in [6, 6.07) is 14.3. The molecule has 9 heteroatoms.